The zero-order valence-electron chi connectivity index (χ0n) is 21.7. The van der Waals surface area contributed by atoms with Gasteiger partial charge in [0.05, 0.1) is 23.7 Å². The number of nitrogens with zero attached hydrogens (tertiary/aromatic N) is 2. The van der Waals surface area contributed by atoms with Crippen LogP contribution < -0.4 is 15.2 Å². The Morgan fingerprint density at radius 1 is 1.17 bits per heavy atom. The van der Waals surface area contributed by atoms with E-state index in [1.165, 1.54) is 6.26 Å². The lowest BCUT2D eigenvalue weighted by molar-refractivity contribution is 0.290. The van der Waals surface area contributed by atoms with Gasteiger partial charge in [0.2, 0.25) is 10.0 Å². The minimum absolute atomic E-state index is 0.0553. The predicted octanol–water partition coefficient (Wildman–Crippen LogP) is 4.21. The lowest BCUT2D eigenvalue weighted by Gasteiger charge is -2.25. The third-order valence-corrected chi connectivity index (χ3v) is 7.77. The molecule has 0 spiro atoms. The van der Waals surface area contributed by atoms with E-state index in [0.717, 1.165) is 46.5 Å². The number of sulfonamides is 1. The number of pyridine rings is 2. The molecule has 0 aliphatic carbocycles. The highest BCUT2D eigenvalue weighted by molar-refractivity contribution is 7.88. The Morgan fingerprint density at radius 3 is 2.51 bits per heavy atom. The molecular formula is C27H36N4O3S. The first kappa shape index (κ1) is 25.4. The average molecular weight is 497 g/mol. The summed E-state index contributed by atoms with van der Waals surface area (Å²) in [6.07, 6.45) is 3.07. The summed E-state index contributed by atoms with van der Waals surface area (Å²) in [4.78, 5) is 22.9. The van der Waals surface area contributed by atoms with Crippen LogP contribution in [-0.4, -0.2) is 44.3 Å². The van der Waals surface area contributed by atoms with Crippen molar-refractivity contribution in [1.29, 1.82) is 0 Å². The minimum atomic E-state index is -3.24. The van der Waals surface area contributed by atoms with E-state index in [2.05, 4.69) is 67.4 Å². The highest BCUT2D eigenvalue weighted by Gasteiger charge is 2.39. The van der Waals surface area contributed by atoms with Crippen LogP contribution in [0.4, 0.5) is 5.69 Å². The van der Waals surface area contributed by atoms with Crippen molar-refractivity contribution >= 4 is 26.6 Å². The first-order valence-electron chi connectivity index (χ1n) is 12.0. The molecule has 2 aromatic heterocycles. The summed E-state index contributed by atoms with van der Waals surface area (Å²) >= 11 is 0. The molecule has 188 valence electrons. The molecule has 2 N–H and O–H groups in total. The van der Waals surface area contributed by atoms with Gasteiger partial charge in [-0.1, -0.05) is 34.6 Å². The number of fused-ring (bicyclic) bond motifs is 1. The van der Waals surface area contributed by atoms with Crippen molar-refractivity contribution in [2.45, 2.75) is 47.0 Å². The second kappa shape index (κ2) is 8.75. The molecule has 0 radical (unpaired) electrons. The summed E-state index contributed by atoms with van der Waals surface area (Å²) in [5, 5.41) is 0.986. The van der Waals surface area contributed by atoms with Crippen molar-refractivity contribution in [2.75, 3.05) is 30.8 Å². The van der Waals surface area contributed by atoms with Crippen LogP contribution in [0.5, 0.6) is 0 Å². The van der Waals surface area contributed by atoms with Gasteiger partial charge in [0, 0.05) is 41.8 Å². The van der Waals surface area contributed by atoms with E-state index >= 15 is 0 Å². The Hall–Kier alpha value is -2.71. The van der Waals surface area contributed by atoms with E-state index in [1.807, 2.05) is 25.3 Å². The molecule has 1 aliphatic heterocycles. The van der Waals surface area contributed by atoms with Crippen LogP contribution in [-0.2, 0) is 15.4 Å². The van der Waals surface area contributed by atoms with Crippen LogP contribution in [0.2, 0.25) is 0 Å². The van der Waals surface area contributed by atoms with Gasteiger partial charge in [-0.15, -0.1) is 0 Å². The lowest BCUT2D eigenvalue weighted by Crippen LogP contribution is -2.35. The van der Waals surface area contributed by atoms with Gasteiger partial charge in [-0.3, -0.25) is 9.78 Å². The summed E-state index contributed by atoms with van der Waals surface area (Å²) in [6, 6.07) is 10.2. The second-order valence-corrected chi connectivity index (χ2v) is 13.4. The van der Waals surface area contributed by atoms with Crippen molar-refractivity contribution in [3.63, 3.8) is 0 Å². The average Bonchev–Trinajstić information content (AvgIpc) is 3.04. The number of aromatic nitrogens is 2. The molecule has 35 heavy (non-hydrogen) atoms. The topological polar surface area (TPSA) is 95.2 Å². The molecule has 4 rings (SSSR count). The summed E-state index contributed by atoms with van der Waals surface area (Å²) in [7, 11) is -3.24. The number of nitrogens with one attached hydrogen (secondary N) is 2. The SMILES string of the molecule is Cc1ccc(-c2cc(C(C)(C)C)cc3cc(N4CC(CNS(C)(=O)=O)C(C)(C)C4)cnc23)c(=O)[nH]1. The van der Waals surface area contributed by atoms with Gasteiger partial charge in [-0.2, -0.15) is 0 Å². The first-order chi connectivity index (χ1) is 16.1. The van der Waals surface area contributed by atoms with Crippen molar-refractivity contribution in [3.05, 3.63) is 58.1 Å². The fourth-order valence-electron chi connectivity index (χ4n) is 4.82. The zero-order valence-corrected chi connectivity index (χ0v) is 22.5. The van der Waals surface area contributed by atoms with E-state index < -0.39 is 10.0 Å². The molecule has 1 aliphatic rings. The smallest absolute Gasteiger partial charge is 0.256 e. The van der Waals surface area contributed by atoms with Crippen LogP contribution in [0.25, 0.3) is 22.0 Å². The largest absolute Gasteiger partial charge is 0.369 e. The van der Waals surface area contributed by atoms with Gasteiger partial charge in [0.1, 0.15) is 0 Å². The van der Waals surface area contributed by atoms with E-state index in [-0.39, 0.29) is 22.3 Å². The van der Waals surface area contributed by atoms with Crippen LogP contribution in [0.3, 0.4) is 0 Å². The summed E-state index contributed by atoms with van der Waals surface area (Å²) in [5.41, 5.74) is 4.92. The number of aromatic amines is 1. The van der Waals surface area contributed by atoms with Gasteiger partial charge >= 0.3 is 0 Å². The minimum Gasteiger partial charge on any atom is -0.369 e. The van der Waals surface area contributed by atoms with Crippen LogP contribution in [0.1, 0.15) is 45.9 Å². The predicted molar refractivity (Wildman–Crippen MR) is 144 cm³/mol. The van der Waals surface area contributed by atoms with Crippen molar-refractivity contribution in [1.82, 2.24) is 14.7 Å². The Bertz CT molecular complexity index is 1440. The highest BCUT2D eigenvalue weighted by Crippen LogP contribution is 2.39. The summed E-state index contributed by atoms with van der Waals surface area (Å²) in [6.45, 7) is 14.7. The third kappa shape index (κ3) is 5.43. The molecule has 0 bridgehead atoms. The molecule has 1 saturated heterocycles. The molecule has 0 saturated carbocycles. The molecule has 1 aromatic carbocycles. The maximum atomic E-state index is 12.8. The highest BCUT2D eigenvalue weighted by atomic mass is 32.2. The normalized spacial score (nSPS) is 18.4. The molecule has 3 heterocycles. The van der Waals surface area contributed by atoms with Crippen molar-refractivity contribution in [2.24, 2.45) is 11.3 Å². The van der Waals surface area contributed by atoms with Gasteiger partial charge in [0.15, 0.2) is 0 Å². The van der Waals surface area contributed by atoms with Crippen LogP contribution in [0.15, 0.2) is 41.3 Å². The molecule has 1 unspecified atom stereocenters. The fraction of sp³-hybridized carbons (Fsp3) is 0.481. The Balaban J connectivity index is 1.78. The zero-order chi connectivity index (χ0) is 25.8. The summed E-state index contributed by atoms with van der Waals surface area (Å²) < 4.78 is 26.0. The standard InChI is InChI=1S/C27H36N4O3S/c1-17-8-9-22(25(32)30-17)23-12-19(26(2,3)4)10-18-11-21(14-28-24(18)23)31-15-20(27(5,6)16-31)13-29-35(7,33)34/h8-12,14,20,29H,13,15-16H2,1-7H3,(H,30,32). The maximum Gasteiger partial charge on any atom is 0.256 e. The number of anilines is 1. The number of H-pyrrole nitrogens is 1. The Kier molecular flexibility index (Phi) is 6.34. The number of rotatable bonds is 5. The van der Waals surface area contributed by atoms with E-state index in [4.69, 9.17) is 4.98 Å². The molecule has 0 amide bonds. The van der Waals surface area contributed by atoms with E-state index in [1.54, 1.807) is 0 Å². The van der Waals surface area contributed by atoms with Gasteiger partial charge in [0.25, 0.3) is 5.56 Å². The number of benzene rings is 1. The number of aryl methyl sites for hydroxylation is 1. The monoisotopic (exact) mass is 496 g/mol. The van der Waals surface area contributed by atoms with Gasteiger partial charge < -0.3 is 9.88 Å². The molecular weight excluding hydrogens is 460 g/mol. The molecule has 8 heteroatoms. The van der Waals surface area contributed by atoms with Crippen molar-refractivity contribution < 1.29 is 8.42 Å². The van der Waals surface area contributed by atoms with E-state index in [9.17, 15) is 13.2 Å². The number of hydrogen-bond acceptors (Lipinski definition) is 5. The Labute approximate surface area is 208 Å². The van der Waals surface area contributed by atoms with Gasteiger partial charge in [-0.25, -0.2) is 13.1 Å². The quantitative estimate of drug-likeness (QED) is 0.552. The summed E-state index contributed by atoms with van der Waals surface area (Å²) in [5.74, 6) is 0.176. The molecule has 1 fully saturated rings. The Morgan fingerprint density at radius 2 is 1.89 bits per heavy atom. The lowest BCUT2D eigenvalue weighted by atomic mass is 9.82. The van der Waals surface area contributed by atoms with E-state index in [0.29, 0.717) is 12.1 Å². The van der Waals surface area contributed by atoms with Crippen LogP contribution in [0, 0.1) is 18.3 Å². The van der Waals surface area contributed by atoms with Crippen molar-refractivity contribution in [3.8, 4) is 11.1 Å². The van der Waals surface area contributed by atoms with Gasteiger partial charge in [-0.05, 0) is 59.6 Å². The van der Waals surface area contributed by atoms with Crippen LogP contribution >= 0.6 is 0 Å². The second-order valence-electron chi connectivity index (χ2n) is 11.6. The fourth-order valence-corrected chi connectivity index (χ4v) is 5.33. The molecule has 3 aromatic rings. The number of hydrogen-bond donors (Lipinski definition) is 2. The molecule has 7 nitrogen and oxygen atoms in total. The third-order valence-electron chi connectivity index (χ3n) is 7.08. The molecule has 1 atom stereocenters. The first-order valence-corrected chi connectivity index (χ1v) is 13.9. The maximum absolute atomic E-state index is 12.8.